The summed E-state index contributed by atoms with van der Waals surface area (Å²) in [7, 11) is -19.6. The zero-order chi connectivity index (χ0) is 59.4. The Hall–Kier alpha value is -8.53. The Balaban J connectivity index is 1.37. The molecule has 0 atom stereocenters. The first-order valence-corrected chi connectivity index (χ1v) is 30.4. The summed E-state index contributed by atoms with van der Waals surface area (Å²) < 4.78 is 142. The van der Waals surface area contributed by atoms with Gasteiger partial charge in [-0.15, -0.1) is 0 Å². The molecule has 0 saturated carbocycles. The van der Waals surface area contributed by atoms with Crippen LogP contribution in [-0.2, 0) is 66.0 Å². The summed E-state index contributed by atoms with van der Waals surface area (Å²) >= 11 is 0. The zero-order valence-corrected chi connectivity index (χ0v) is 47.0. The van der Waals surface area contributed by atoms with Crippen LogP contribution >= 0.6 is 0 Å². The van der Waals surface area contributed by atoms with E-state index in [9.17, 15) is 77.9 Å². The third kappa shape index (κ3) is 11.3. The Morgan fingerprint density at radius 2 is 1.15 bits per heavy atom. The lowest BCUT2D eigenvalue weighted by atomic mass is 9.93. The summed E-state index contributed by atoms with van der Waals surface area (Å²) in [6.07, 6.45) is 0.934. The summed E-state index contributed by atoms with van der Waals surface area (Å²) in [5, 5.41) is 53.1. The van der Waals surface area contributed by atoms with Crippen LogP contribution in [0.3, 0.4) is 0 Å². The van der Waals surface area contributed by atoms with E-state index in [1.165, 1.54) is 30.3 Å². The molecule has 0 bridgehead atoms. The molecule has 0 spiro atoms. The molecule has 81 heavy (non-hydrogen) atoms. The summed E-state index contributed by atoms with van der Waals surface area (Å²) in [5.74, 6) is -5.90. The van der Waals surface area contributed by atoms with E-state index in [2.05, 4.69) is 14.8 Å². The average Bonchev–Trinajstić information content (AvgIpc) is 2.62. The van der Waals surface area contributed by atoms with Crippen LogP contribution in [-0.4, -0.2) is 80.2 Å². The van der Waals surface area contributed by atoms with Gasteiger partial charge in [0.05, 0.1) is 27.3 Å². The highest BCUT2D eigenvalue weighted by Crippen LogP contribution is 2.45. The number of aryl methyl sites for hydroxylation is 4. The highest BCUT2D eigenvalue weighted by atomic mass is 32.2. The van der Waals surface area contributed by atoms with E-state index < -0.39 is 106 Å². The van der Waals surface area contributed by atoms with E-state index in [1.54, 1.807) is 52.8 Å². The molecule has 0 unspecified atom stereocenters. The number of hydrogen-bond acceptors (Lipinski definition) is 16. The fourth-order valence-electron chi connectivity index (χ4n) is 9.65. The quantitative estimate of drug-likeness (QED) is 0.0282. The Labute approximate surface area is 464 Å². The fourth-order valence-corrected chi connectivity index (χ4v) is 13.4. The first kappa shape index (κ1) is 58.6. The van der Waals surface area contributed by atoms with Crippen molar-refractivity contribution < 1.29 is 82.3 Å². The number of phenols is 3. The van der Waals surface area contributed by atoms with Gasteiger partial charge in [-0.2, -0.15) is 16.8 Å². The molecule has 0 amide bonds. The Bertz CT molecular complexity index is 4480. The molecule has 1 aliphatic heterocycles. The molecule has 6 aromatic carbocycles. The van der Waals surface area contributed by atoms with Crippen molar-refractivity contribution >= 4 is 91.6 Å². The normalized spacial score (nSPS) is 12.5. The second kappa shape index (κ2) is 21.8. The first-order valence-electron chi connectivity index (χ1n) is 24.6. The smallest absolute Gasteiger partial charge is 0.339 e. The number of fused-ring (bicyclic) bond motifs is 2. The van der Waals surface area contributed by atoms with Gasteiger partial charge in [-0.05, 0) is 110 Å². The van der Waals surface area contributed by atoms with Gasteiger partial charge in [0, 0.05) is 62.8 Å². The predicted molar refractivity (Wildman–Crippen MR) is 300 cm³/mol. The maximum atomic E-state index is 14.0. The maximum absolute atomic E-state index is 14.0. The van der Waals surface area contributed by atoms with E-state index in [-0.39, 0.29) is 75.3 Å². The lowest BCUT2D eigenvalue weighted by molar-refractivity contribution is 0.0682. The molecule has 0 aromatic heterocycles. The predicted octanol–water partition coefficient (Wildman–Crippen LogP) is 9.66. The van der Waals surface area contributed by atoms with Crippen molar-refractivity contribution in [3.63, 3.8) is 0 Å². The first-order chi connectivity index (χ1) is 37.9. The molecule has 1 heterocycles. The van der Waals surface area contributed by atoms with Gasteiger partial charge in [-0.3, -0.25) is 18.5 Å². The van der Waals surface area contributed by atoms with Gasteiger partial charge >= 0.3 is 11.9 Å². The third-order valence-electron chi connectivity index (χ3n) is 13.4. The van der Waals surface area contributed by atoms with Crippen LogP contribution in [0.4, 0.5) is 28.4 Å². The molecule has 26 heteroatoms. The van der Waals surface area contributed by atoms with E-state index in [0.717, 1.165) is 42.0 Å². The standard InChI is InChI=1S/C55H52N4O18S4/c1-7-29-19-27(5)50(58-78(67,68)32-16-18-41(60)37(22-32)54(63)64)33(9-3)52(29)56-31-15-17-35-44(21-31)77-45-25-40(47(81(74,75)76)24-39(45)49(35)36-13-11-12-14-46(36)80(71,72)73)57-53-30(8-2)20-28(6)51(34(53)10-4)59-79(69,70)48-23-38(55(65)66)42(61)26-43(48)62/h11-26,56,58-62H,7-10H2,1-6H3,(H,63,64)(H,65,66)(H,71,72,73)(H,74,75,76). The summed E-state index contributed by atoms with van der Waals surface area (Å²) in [6, 6.07) is 19.4. The maximum Gasteiger partial charge on any atom is 0.339 e. The van der Waals surface area contributed by atoms with Gasteiger partial charge < -0.3 is 35.3 Å². The van der Waals surface area contributed by atoms with Gasteiger partial charge in [-0.1, -0.05) is 58.0 Å². The number of nitrogens with one attached hydrogen (secondary N) is 3. The second-order valence-corrected chi connectivity index (χ2v) is 24.7. The number of hydrogen-bond donors (Lipinski definition) is 10. The van der Waals surface area contributed by atoms with E-state index in [4.69, 9.17) is 9.41 Å². The van der Waals surface area contributed by atoms with Gasteiger partial charge in [0.15, 0.2) is 0 Å². The van der Waals surface area contributed by atoms with Gasteiger partial charge in [0.1, 0.15) is 54.4 Å². The van der Waals surface area contributed by atoms with Crippen molar-refractivity contribution in [2.45, 2.75) is 86.8 Å². The highest BCUT2D eigenvalue weighted by Gasteiger charge is 2.30. The van der Waals surface area contributed by atoms with Crippen molar-refractivity contribution in [2.75, 3.05) is 14.8 Å². The summed E-state index contributed by atoms with van der Waals surface area (Å²) in [4.78, 5) is 25.7. The van der Waals surface area contributed by atoms with Gasteiger partial charge in [0.2, 0.25) is 0 Å². The fraction of sp³-hybridized carbons (Fsp3) is 0.182. The SMILES string of the molecule is CCc1cc(C)c(NS(=O)(=O)c2cc(C(=O)O)c(O)cc2O)c(CC)c1N=c1cc2oc3cc(Nc4c(CC)cc(C)c(NS(=O)(=O)c5ccc(O)c(C(=O)O)c5)c4CC)ccc3c(-c3ccccc3S(=O)(=O)O)c-2cc1S(=O)(=O)O. The zero-order valence-electron chi connectivity index (χ0n) is 43.8. The van der Waals surface area contributed by atoms with E-state index >= 15 is 0 Å². The van der Waals surface area contributed by atoms with Crippen LogP contribution < -0.4 is 20.1 Å². The molecule has 6 aromatic rings. The summed E-state index contributed by atoms with van der Waals surface area (Å²) in [5.41, 5.74) is 2.02. The van der Waals surface area contributed by atoms with Crippen molar-refractivity contribution in [3.8, 4) is 39.7 Å². The molecule has 10 N–H and O–H groups in total. The second-order valence-electron chi connectivity index (χ2n) is 18.6. The largest absolute Gasteiger partial charge is 0.507 e. The third-order valence-corrected chi connectivity index (χ3v) is 18.0. The molecule has 22 nitrogen and oxygen atoms in total. The molecule has 0 fully saturated rings. The number of aromatic hydroxyl groups is 3. The number of anilines is 4. The molecule has 0 saturated heterocycles. The Kier molecular flexibility index (Phi) is 15.8. The molecule has 424 valence electrons. The van der Waals surface area contributed by atoms with E-state index in [1.807, 2.05) is 6.92 Å². The highest BCUT2D eigenvalue weighted by molar-refractivity contribution is 7.93. The van der Waals surface area contributed by atoms with Crippen molar-refractivity contribution in [3.05, 3.63) is 147 Å². The minimum absolute atomic E-state index is 0.0114. The van der Waals surface area contributed by atoms with Gasteiger partial charge in [-0.25, -0.2) is 31.4 Å². The number of carboxylic acid groups (broad SMARTS) is 2. The van der Waals surface area contributed by atoms with Crippen LogP contribution in [0.5, 0.6) is 17.2 Å². The number of sulfonamides is 2. The number of carboxylic acids is 2. The monoisotopic (exact) mass is 1180 g/mol. The number of benzene rings is 7. The lowest BCUT2D eigenvalue weighted by Gasteiger charge is -2.23. The van der Waals surface area contributed by atoms with Crippen LogP contribution in [0.25, 0.3) is 33.4 Å². The number of aromatic carboxylic acids is 2. The molecule has 1 aliphatic carbocycles. The van der Waals surface area contributed by atoms with Crippen molar-refractivity contribution in [1.82, 2.24) is 0 Å². The van der Waals surface area contributed by atoms with Crippen LogP contribution in [0.2, 0.25) is 0 Å². The Morgan fingerprint density at radius 3 is 1.75 bits per heavy atom. The molecular weight excluding hydrogens is 1130 g/mol. The summed E-state index contributed by atoms with van der Waals surface area (Å²) in [6.45, 7) is 10.3. The molecule has 8 rings (SSSR count). The lowest BCUT2D eigenvalue weighted by Crippen LogP contribution is -2.18. The minimum atomic E-state index is -5.27. The van der Waals surface area contributed by atoms with Crippen LogP contribution in [0.15, 0.2) is 126 Å². The van der Waals surface area contributed by atoms with Crippen molar-refractivity contribution in [2.24, 2.45) is 4.99 Å². The van der Waals surface area contributed by atoms with Crippen molar-refractivity contribution in [1.29, 1.82) is 0 Å². The average molecular weight is 1190 g/mol. The van der Waals surface area contributed by atoms with Gasteiger partial charge in [0.25, 0.3) is 40.3 Å². The number of rotatable bonds is 18. The van der Waals surface area contributed by atoms with E-state index in [0.29, 0.717) is 52.2 Å². The molecule has 0 radical (unpaired) electrons. The van der Waals surface area contributed by atoms with Crippen LogP contribution in [0.1, 0.15) is 81.8 Å². The molecule has 2 aliphatic rings. The topological polar surface area (TPSA) is 374 Å². The van der Waals surface area contributed by atoms with Crippen LogP contribution in [0, 0.1) is 13.8 Å². The Morgan fingerprint density at radius 1 is 0.556 bits per heavy atom. The number of nitrogens with zero attached hydrogens (tertiary/aromatic N) is 1. The minimum Gasteiger partial charge on any atom is -0.507 e. The number of phenolic OH excluding ortho intramolecular Hbond substituents is 1. The molecular formula is C55H52N4O18S4. The number of carbonyl (C=O) groups is 2.